The lowest BCUT2D eigenvalue weighted by molar-refractivity contribution is 1.26. The number of nitrogens with zero attached hydrogens (tertiary/aromatic N) is 2. The fourth-order valence-electron chi connectivity index (χ4n) is 10.1. The number of hydrogen-bond donors (Lipinski definition) is 0. The molecule has 13 aromatic rings. The highest BCUT2D eigenvalue weighted by atomic mass is 32.1. The van der Waals surface area contributed by atoms with Crippen LogP contribution in [0, 0.1) is 0 Å². The second-order valence-corrected chi connectivity index (χ2v) is 17.6. The predicted octanol–water partition coefficient (Wildman–Crippen LogP) is 17.4. The Balaban J connectivity index is 0.942. The lowest BCUT2D eigenvalue weighted by Crippen LogP contribution is -2.09. The Labute approximate surface area is 368 Å². The molecule has 0 aliphatic carbocycles. The Morgan fingerprint density at radius 3 is 1.92 bits per heavy atom. The Morgan fingerprint density at radius 1 is 0.333 bits per heavy atom. The van der Waals surface area contributed by atoms with E-state index < -0.39 is 0 Å². The SMILES string of the molecule is c1ccc(-c2c3c4c(-c5cccc(-c6ccc(N(c7ccc8c(ccc9ccccc98)c7)c7ccc8sc9ccccc9c8c7)cc6)c5)cccc4ccc3n3ccccc23)cc1. The molecule has 0 fully saturated rings. The van der Waals surface area contributed by atoms with E-state index in [0.717, 1.165) is 17.1 Å². The van der Waals surface area contributed by atoms with Gasteiger partial charge in [0, 0.05) is 54.4 Å². The van der Waals surface area contributed by atoms with Crippen LogP contribution >= 0.6 is 11.3 Å². The van der Waals surface area contributed by atoms with Gasteiger partial charge in [0.15, 0.2) is 0 Å². The van der Waals surface area contributed by atoms with E-state index in [1.54, 1.807) is 0 Å². The monoisotopic (exact) mass is 818 g/mol. The van der Waals surface area contributed by atoms with Crippen molar-refractivity contribution in [3.8, 4) is 33.4 Å². The Morgan fingerprint density at radius 2 is 1.00 bits per heavy atom. The summed E-state index contributed by atoms with van der Waals surface area (Å²) in [5.41, 5.74) is 13.1. The number of rotatable bonds is 6. The first-order chi connectivity index (χ1) is 31.2. The number of pyridine rings is 1. The van der Waals surface area contributed by atoms with Crippen LogP contribution in [0.1, 0.15) is 0 Å². The minimum absolute atomic E-state index is 1.11. The summed E-state index contributed by atoms with van der Waals surface area (Å²) in [7, 11) is 0. The Hall–Kier alpha value is -7.98. The van der Waals surface area contributed by atoms with Gasteiger partial charge in [-0.25, -0.2) is 0 Å². The van der Waals surface area contributed by atoms with E-state index in [1.807, 2.05) is 11.3 Å². The standard InChI is InChI=1S/C60H38N2S/c1-2-13-41(14-3-1)59-54-21-8-9-35-61(54)55-33-27-42-15-11-20-51(58(42)60(55)59)44-17-10-16-43(36-44)39-25-28-46(29-26-39)62(48-31-34-57-53(38-48)52-19-6-7-22-56(52)63-57)47-30-32-50-45(37-47)24-23-40-12-4-5-18-49(40)50/h1-38H. The lowest BCUT2D eigenvalue weighted by Gasteiger charge is -2.26. The molecule has 63 heavy (non-hydrogen) atoms. The third-order valence-corrected chi connectivity index (χ3v) is 14.1. The lowest BCUT2D eigenvalue weighted by atomic mass is 9.91. The molecule has 0 aliphatic rings. The predicted molar refractivity (Wildman–Crippen MR) is 271 cm³/mol. The summed E-state index contributed by atoms with van der Waals surface area (Å²) >= 11 is 1.86. The van der Waals surface area contributed by atoms with Crippen molar-refractivity contribution in [2.45, 2.75) is 0 Å². The van der Waals surface area contributed by atoms with Crippen LogP contribution in [0.15, 0.2) is 231 Å². The number of aromatic nitrogens is 1. The highest BCUT2D eigenvalue weighted by molar-refractivity contribution is 7.25. The first kappa shape index (κ1) is 35.7. The molecule has 0 saturated heterocycles. The zero-order valence-electron chi connectivity index (χ0n) is 34.2. The molecule has 0 saturated carbocycles. The van der Waals surface area contributed by atoms with Crippen LogP contribution in [0.4, 0.5) is 17.1 Å². The van der Waals surface area contributed by atoms with Crippen molar-refractivity contribution in [1.29, 1.82) is 0 Å². The summed E-state index contributed by atoms with van der Waals surface area (Å²) in [5, 5.41) is 11.4. The average molecular weight is 819 g/mol. The third-order valence-electron chi connectivity index (χ3n) is 12.9. The van der Waals surface area contributed by atoms with E-state index >= 15 is 0 Å². The minimum Gasteiger partial charge on any atom is -0.316 e. The van der Waals surface area contributed by atoms with E-state index in [-0.39, 0.29) is 0 Å². The summed E-state index contributed by atoms with van der Waals surface area (Å²) in [4.78, 5) is 2.41. The molecule has 0 radical (unpaired) electrons. The second kappa shape index (κ2) is 14.3. The third kappa shape index (κ3) is 5.78. The first-order valence-electron chi connectivity index (χ1n) is 21.6. The molecule has 0 bridgehead atoms. The summed E-state index contributed by atoms with van der Waals surface area (Å²) in [6.07, 6.45) is 2.19. The van der Waals surface area contributed by atoms with Gasteiger partial charge in [0.25, 0.3) is 0 Å². The topological polar surface area (TPSA) is 7.65 Å². The highest BCUT2D eigenvalue weighted by Gasteiger charge is 2.20. The van der Waals surface area contributed by atoms with Crippen LogP contribution in [0.3, 0.4) is 0 Å². The van der Waals surface area contributed by atoms with Crippen molar-refractivity contribution >= 4 is 97.3 Å². The van der Waals surface area contributed by atoms with E-state index in [9.17, 15) is 0 Å². The number of thiophene rings is 1. The Kier molecular flexibility index (Phi) is 8.12. The molecule has 0 unspecified atom stereocenters. The van der Waals surface area contributed by atoms with Crippen LogP contribution in [-0.4, -0.2) is 4.40 Å². The molecule has 3 heterocycles. The molecule has 0 spiro atoms. The van der Waals surface area contributed by atoms with Crippen LogP contribution in [0.25, 0.3) is 102 Å². The van der Waals surface area contributed by atoms with E-state index in [1.165, 1.54) is 102 Å². The normalized spacial score (nSPS) is 11.8. The molecule has 0 amide bonds. The van der Waals surface area contributed by atoms with Crippen LogP contribution < -0.4 is 4.90 Å². The van der Waals surface area contributed by atoms with Gasteiger partial charge in [0.1, 0.15) is 0 Å². The zero-order chi connectivity index (χ0) is 41.4. The van der Waals surface area contributed by atoms with Crippen molar-refractivity contribution in [2.24, 2.45) is 0 Å². The van der Waals surface area contributed by atoms with Crippen molar-refractivity contribution in [3.05, 3.63) is 231 Å². The molecule has 2 nitrogen and oxygen atoms in total. The van der Waals surface area contributed by atoms with Gasteiger partial charge < -0.3 is 9.30 Å². The number of fused-ring (bicyclic) bond motifs is 11. The maximum Gasteiger partial charge on any atom is 0.0541 e. The average Bonchev–Trinajstić information content (AvgIpc) is 3.90. The van der Waals surface area contributed by atoms with Gasteiger partial charge in [-0.1, -0.05) is 152 Å². The number of benzene rings is 10. The molecule has 0 N–H and O–H groups in total. The molecule has 3 heteroatoms. The number of hydrogen-bond acceptors (Lipinski definition) is 2. The molecular formula is C60H38N2S. The largest absolute Gasteiger partial charge is 0.316 e. The summed E-state index contributed by atoms with van der Waals surface area (Å²) in [5.74, 6) is 0. The molecule has 13 rings (SSSR count). The molecule has 294 valence electrons. The fourth-order valence-corrected chi connectivity index (χ4v) is 11.1. The van der Waals surface area contributed by atoms with Gasteiger partial charge in [-0.15, -0.1) is 11.3 Å². The van der Waals surface area contributed by atoms with E-state index in [0.29, 0.717) is 0 Å². The van der Waals surface area contributed by atoms with Gasteiger partial charge in [-0.3, -0.25) is 0 Å². The van der Waals surface area contributed by atoms with Crippen LogP contribution in [-0.2, 0) is 0 Å². The van der Waals surface area contributed by atoms with Crippen molar-refractivity contribution in [1.82, 2.24) is 4.40 Å². The maximum absolute atomic E-state index is 2.41. The molecular weight excluding hydrogens is 781 g/mol. The maximum atomic E-state index is 2.41. The Bertz CT molecular complexity index is 3910. The number of anilines is 3. The van der Waals surface area contributed by atoms with Crippen LogP contribution in [0.2, 0.25) is 0 Å². The van der Waals surface area contributed by atoms with E-state index in [2.05, 4.69) is 240 Å². The molecule has 10 aromatic carbocycles. The van der Waals surface area contributed by atoms with Gasteiger partial charge in [0.2, 0.25) is 0 Å². The molecule has 0 atom stereocenters. The van der Waals surface area contributed by atoms with Crippen LogP contribution in [0.5, 0.6) is 0 Å². The van der Waals surface area contributed by atoms with Crippen molar-refractivity contribution in [3.63, 3.8) is 0 Å². The van der Waals surface area contributed by atoms with E-state index in [4.69, 9.17) is 0 Å². The van der Waals surface area contributed by atoms with Gasteiger partial charge in [-0.2, -0.15) is 0 Å². The zero-order valence-corrected chi connectivity index (χ0v) is 35.1. The first-order valence-corrected chi connectivity index (χ1v) is 22.4. The molecule has 3 aromatic heterocycles. The minimum atomic E-state index is 1.11. The van der Waals surface area contributed by atoms with Gasteiger partial charge in [-0.05, 0) is 133 Å². The summed E-state index contributed by atoms with van der Waals surface area (Å²) in [6.45, 7) is 0. The fraction of sp³-hybridized carbons (Fsp3) is 0. The van der Waals surface area contributed by atoms with Crippen molar-refractivity contribution in [2.75, 3.05) is 4.90 Å². The quantitative estimate of drug-likeness (QED) is 0.152. The van der Waals surface area contributed by atoms with Crippen molar-refractivity contribution < 1.29 is 0 Å². The molecule has 0 aliphatic heterocycles. The van der Waals surface area contributed by atoms with Gasteiger partial charge in [0.05, 0.1) is 11.0 Å². The summed E-state index contributed by atoms with van der Waals surface area (Å²) in [6, 6.07) is 82.6. The summed E-state index contributed by atoms with van der Waals surface area (Å²) < 4.78 is 4.95. The smallest absolute Gasteiger partial charge is 0.0541 e. The van der Waals surface area contributed by atoms with Gasteiger partial charge >= 0.3 is 0 Å². The highest BCUT2D eigenvalue weighted by Crippen LogP contribution is 2.45. The second-order valence-electron chi connectivity index (χ2n) is 16.5.